The Morgan fingerprint density at radius 2 is 1.45 bits per heavy atom. The molecule has 0 spiro atoms. The molecule has 3 N–H and O–H groups in total. The van der Waals surface area contributed by atoms with Gasteiger partial charge in [0.25, 0.3) is 0 Å². The van der Waals surface area contributed by atoms with E-state index in [1.54, 1.807) is 0 Å². The average Bonchev–Trinajstić information content (AvgIpc) is 2.85. The lowest BCUT2D eigenvalue weighted by Gasteiger charge is -2.15. The van der Waals surface area contributed by atoms with E-state index in [0.717, 1.165) is 18.4 Å². The van der Waals surface area contributed by atoms with E-state index in [-0.39, 0.29) is 67.1 Å². The van der Waals surface area contributed by atoms with Crippen molar-refractivity contribution in [1.82, 2.24) is 0 Å². The number of benzene rings is 3. The van der Waals surface area contributed by atoms with Crippen LogP contribution in [0.4, 0.5) is 0 Å². The molecule has 190 valence electrons. The van der Waals surface area contributed by atoms with Crippen molar-refractivity contribution < 1.29 is 43.3 Å². The zero-order valence-corrected chi connectivity index (χ0v) is 19.6. The van der Waals surface area contributed by atoms with Crippen LogP contribution in [0.3, 0.4) is 0 Å². The summed E-state index contributed by atoms with van der Waals surface area (Å²) in [7, 11) is 0. The van der Waals surface area contributed by atoms with Crippen LogP contribution in [0, 0.1) is 0 Å². The van der Waals surface area contributed by atoms with Crippen molar-refractivity contribution in [1.29, 1.82) is 0 Å². The zero-order valence-electron chi connectivity index (χ0n) is 19.6. The molecular weight excluding hydrogens is 500 g/mol. The van der Waals surface area contributed by atoms with Gasteiger partial charge in [0, 0.05) is 23.3 Å². The number of hydrogen-bond acceptors (Lipinski definition) is 11. The van der Waals surface area contributed by atoms with Crippen LogP contribution in [-0.4, -0.2) is 33.0 Å². The van der Waals surface area contributed by atoms with Gasteiger partial charge in [0.15, 0.2) is 23.1 Å². The predicted octanol–water partition coefficient (Wildman–Crippen LogP) is 3.66. The standard InChI is InChI=1S/C26H16O9.CO2/c1-10(27)14-6-16-25(33)15-7-18(30)19(31)8-21(15)35-26(16)22(11(2)28)23(14)17-9-34-20-5-12(29)3-4-13(20)24(17)32;2-1-3/h3-9,29-31H,1-2H3;. The van der Waals surface area contributed by atoms with Crippen LogP contribution >= 0.6 is 0 Å². The Morgan fingerprint density at radius 1 is 0.789 bits per heavy atom. The van der Waals surface area contributed by atoms with Gasteiger partial charge < -0.3 is 24.2 Å². The van der Waals surface area contributed by atoms with Crippen LogP contribution in [-0.2, 0) is 9.59 Å². The summed E-state index contributed by atoms with van der Waals surface area (Å²) < 4.78 is 11.4. The summed E-state index contributed by atoms with van der Waals surface area (Å²) in [5.41, 5.74) is -1.86. The van der Waals surface area contributed by atoms with Crippen molar-refractivity contribution >= 4 is 50.6 Å². The maximum absolute atomic E-state index is 13.4. The molecule has 0 fully saturated rings. The summed E-state index contributed by atoms with van der Waals surface area (Å²) >= 11 is 0. The van der Waals surface area contributed by atoms with Crippen LogP contribution in [0.1, 0.15) is 34.6 Å². The lowest BCUT2D eigenvalue weighted by Crippen LogP contribution is -2.14. The second-order valence-corrected chi connectivity index (χ2v) is 8.17. The molecule has 0 bridgehead atoms. The van der Waals surface area contributed by atoms with E-state index in [2.05, 4.69) is 0 Å². The third kappa shape index (κ3) is 4.08. The molecular formula is C27H16O11. The van der Waals surface area contributed by atoms with E-state index in [9.17, 15) is 34.5 Å². The minimum Gasteiger partial charge on any atom is -0.508 e. The number of phenols is 3. The number of hydrogen-bond donors (Lipinski definition) is 3. The summed E-state index contributed by atoms with van der Waals surface area (Å²) in [5.74, 6) is -2.31. The summed E-state index contributed by atoms with van der Waals surface area (Å²) in [4.78, 5) is 68.4. The lowest BCUT2D eigenvalue weighted by atomic mass is 9.88. The van der Waals surface area contributed by atoms with E-state index in [4.69, 9.17) is 18.4 Å². The molecule has 0 saturated heterocycles. The number of fused-ring (bicyclic) bond motifs is 3. The first-order valence-corrected chi connectivity index (χ1v) is 10.8. The first-order chi connectivity index (χ1) is 18.0. The first kappa shape index (κ1) is 25.5. The minimum absolute atomic E-state index is 0.0632. The molecule has 11 heteroatoms. The molecule has 0 unspecified atom stereocenters. The van der Waals surface area contributed by atoms with Gasteiger partial charge in [-0.25, -0.2) is 0 Å². The van der Waals surface area contributed by atoms with Gasteiger partial charge in [-0.15, -0.1) is 0 Å². The molecule has 0 aliphatic carbocycles. The molecule has 0 saturated carbocycles. The summed E-state index contributed by atoms with van der Waals surface area (Å²) in [6.07, 6.45) is 1.33. The zero-order chi connectivity index (χ0) is 27.9. The van der Waals surface area contributed by atoms with Crippen molar-refractivity contribution in [2.75, 3.05) is 0 Å². The van der Waals surface area contributed by atoms with Crippen LogP contribution in [0.2, 0.25) is 0 Å². The average molecular weight is 516 g/mol. The van der Waals surface area contributed by atoms with Crippen LogP contribution in [0.15, 0.2) is 61.1 Å². The second-order valence-electron chi connectivity index (χ2n) is 8.17. The van der Waals surface area contributed by atoms with Crippen molar-refractivity contribution in [3.8, 4) is 28.4 Å². The second kappa shape index (κ2) is 9.49. The van der Waals surface area contributed by atoms with Crippen LogP contribution in [0.5, 0.6) is 17.2 Å². The number of aromatic hydroxyl groups is 3. The SMILES string of the molecule is CC(=O)c1cc2c(=O)c3cc(O)c(O)cc3oc2c(C(C)=O)c1-c1coc2cc(O)ccc2c1=O.O=C=O. The van der Waals surface area contributed by atoms with Gasteiger partial charge in [0.05, 0.1) is 27.3 Å². The number of carbonyl (C=O) groups is 2. The highest BCUT2D eigenvalue weighted by molar-refractivity contribution is 6.17. The van der Waals surface area contributed by atoms with Gasteiger partial charge in [-0.3, -0.25) is 19.2 Å². The quantitative estimate of drug-likeness (QED) is 0.180. The largest absolute Gasteiger partial charge is 0.508 e. The van der Waals surface area contributed by atoms with Gasteiger partial charge >= 0.3 is 6.15 Å². The lowest BCUT2D eigenvalue weighted by molar-refractivity contribution is -0.191. The van der Waals surface area contributed by atoms with E-state index in [0.29, 0.717) is 0 Å². The minimum atomic E-state index is -0.644. The summed E-state index contributed by atoms with van der Waals surface area (Å²) in [5, 5.41) is 29.3. The molecule has 0 amide bonds. The maximum atomic E-state index is 13.4. The van der Waals surface area contributed by atoms with Gasteiger partial charge in [0.2, 0.25) is 10.9 Å². The Labute approximate surface area is 210 Å². The molecule has 0 radical (unpaired) electrons. The smallest absolute Gasteiger partial charge is 0.373 e. The van der Waals surface area contributed by atoms with E-state index in [1.807, 2.05) is 0 Å². The number of Topliss-reactive ketones (excluding diaryl/α,β-unsaturated/α-hetero) is 2. The Bertz CT molecular complexity index is 1970. The molecule has 2 aromatic heterocycles. The van der Waals surface area contributed by atoms with Gasteiger partial charge in [-0.05, 0) is 38.1 Å². The molecule has 5 rings (SSSR count). The fraction of sp³-hybridized carbons (Fsp3) is 0.0741. The summed E-state index contributed by atoms with van der Waals surface area (Å²) in [6.45, 7) is 2.42. The highest BCUT2D eigenvalue weighted by Crippen LogP contribution is 2.37. The molecule has 2 heterocycles. The Hall–Kier alpha value is -5.54. The molecule has 3 aromatic carbocycles. The highest BCUT2D eigenvalue weighted by atomic mass is 16.3. The van der Waals surface area contributed by atoms with E-state index in [1.165, 1.54) is 38.1 Å². The highest BCUT2D eigenvalue weighted by Gasteiger charge is 2.27. The van der Waals surface area contributed by atoms with Crippen molar-refractivity contribution in [3.05, 3.63) is 74.2 Å². The molecule has 0 aliphatic rings. The number of ketones is 2. The molecule has 5 aromatic rings. The first-order valence-electron chi connectivity index (χ1n) is 10.8. The fourth-order valence-electron chi connectivity index (χ4n) is 4.20. The number of phenolic OH excluding ortho intramolecular Hbond substituents is 3. The van der Waals surface area contributed by atoms with Gasteiger partial charge in [-0.1, -0.05) is 0 Å². The van der Waals surface area contributed by atoms with Crippen molar-refractivity contribution in [2.24, 2.45) is 0 Å². The summed E-state index contributed by atoms with van der Waals surface area (Å²) in [6, 6.07) is 7.20. The molecule has 0 atom stereocenters. The van der Waals surface area contributed by atoms with E-state index >= 15 is 0 Å². The number of rotatable bonds is 3. The normalized spacial score (nSPS) is 10.7. The molecule has 38 heavy (non-hydrogen) atoms. The Balaban J connectivity index is 0.00000107. The fourth-order valence-corrected chi connectivity index (χ4v) is 4.20. The number of carbonyl (C=O) groups excluding carboxylic acids is 4. The molecule has 11 nitrogen and oxygen atoms in total. The third-order valence-electron chi connectivity index (χ3n) is 5.82. The monoisotopic (exact) mass is 516 g/mol. The maximum Gasteiger partial charge on any atom is 0.373 e. The van der Waals surface area contributed by atoms with Gasteiger partial charge in [-0.2, -0.15) is 9.59 Å². The third-order valence-corrected chi connectivity index (χ3v) is 5.82. The Morgan fingerprint density at radius 3 is 2.08 bits per heavy atom. The van der Waals surface area contributed by atoms with Crippen LogP contribution in [0.25, 0.3) is 44.0 Å². The topological polar surface area (TPSA) is 189 Å². The van der Waals surface area contributed by atoms with Crippen LogP contribution < -0.4 is 10.9 Å². The van der Waals surface area contributed by atoms with Crippen molar-refractivity contribution in [3.63, 3.8) is 0 Å². The predicted molar refractivity (Wildman–Crippen MR) is 131 cm³/mol. The van der Waals surface area contributed by atoms with Gasteiger partial charge in [0.1, 0.15) is 28.8 Å². The van der Waals surface area contributed by atoms with E-state index < -0.39 is 33.9 Å². The molecule has 0 aliphatic heterocycles. The van der Waals surface area contributed by atoms with Crippen molar-refractivity contribution in [2.45, 2.75) is 13.8 Å². The Kier molecular flexibility index (Phi) is 6.38.